The number of fused-ring (bicyclic) bond motifs is 1. The van der Waals surface area contributed by atoms with E-state index in [9.17, 15) is 34.8 Å². The number of halogens is 6. The molecule has 0 radical (unpaired) electrons. The number of carbonyl (C=O) groups is 2. The molecule has 2 saturated heterocycles. The van der Waals surface area contributed by atoms with Crippen molar-refractivity contribution in [3.63, 3.8) is 0 Å². The minimum atomic E-state index is -5.08. The normalized spacial score (nSPS) is 22.7. The first-order valence-corrected chi connectivity index (χ1v) is 11.6. The number of pyridine rings is 1. The molecule has 35 heavy (non-hydrogen) atoms. The number of nitrogens with zero attached hydrogens (tertiary/aromatic N) is 2. The van der Waals surface area contributed by atoms with Gasteiger partial charge in [-0.1, -0.05) is 6.07 Å². The number of aliphatic carboxylic acids is 2. The van der Waals surface area contributed by atoms with E-state index in [4.69, 9.17) is 24.5 Å². The van der Waals surface area contributed by atoms with Gasteiger partial charge in [0.05, 0.1) is 24.1 Å². The second-order valence-corrected chi connectivity index (χ2v) is 9.18. The molecular weight excluding hydrogens is 516 g/mol. The fraction of sp³-hybridized carbons (Fsp3) is 0.611. The number of sulfonamides is 1. The zero-order chi connectivity index (χ0) is 27.0. The Morgan fingerprint density at radius 1 is 1.14 bits per heavy atom. The van der Waals surface area contributed by atoms with Crippen molar-refractivity contribution in [1.29, 1.82) is 0 Å². The van der Waals surface area contributed by atoms with Crippen molar-refractivity contribution in [3.8, 4) is 0 Å². The maximum atomic E-state index is 11.5. The molecule has 3 N–H and O–H groups in total. The largest absolute Gasteiger partial charge is 0.490 e. The van der Waals surface area contributed by atoms with Gasteiger partial charge in [0.2, 0.25) is 10.0 Å². The molecule has 0 spiro atoms. The van der Waals surface area contributed by atoms with Crippen LogP contribution in [0.5, 0.6) is 0 Å². The third kappa shape index (κ3) is 11.2. The number of carboxylic acids is 2. The molecule has 1 aromatic heterocycles. The van der Waals surface area contributed by atoms with Crippen molar-refractivity contribution in [1.82, 2.24) is 14.6 Å². The SMILES string of the molecule is CS(=O)(=O)N[C@@H]1CN(Cc2ccccn2)[C@@H]2CCCO[C@@H]21.O=C(O)C(F)(F)F.O=C(O)C(F)(F)F. The molecule has 3 rings (SSSR count). The fourth-order valence-corrected chi connectivity index (χ4v) is 4.07. The van der Waals surface area contributed by atoms with Crippen LogP contribution in [0.2, 0.25) is 0 Å². The Balaban J connectivity index is 0.000000362. The van der Waals surface area contributed by atoms with Crippen LogP contribution in [-0.2, 0) is 30.9 Å². The molecule has 0 aliphatic carbocycles. The molecule has 17 heteroatoms. The summed E-state index contributed by atoms with van der Waals surface area (Å²) < 4.78 is 95.1. The highest BCUT2D eigenvalue weighted by molar-refractivity contribution is 7.88. The number of hydrogen-bond acceptors (Lipinski definition) is 7. The zero-order valence-electron chi connectivity index (χ0n) is 18.1. The van der Waals surface area contributed by atoms with Crippen LogP contribution in [0.3, 0.4) is 0 Å². The van der Waals surface area contributed by atoms with E-state index < -0.39 is 34.3 Å². The van der Waals surface area contributed by atoms with Crippen molar-refractivity contribution >= 4 is 22.0 Å². The standard InChI is InChI=1S/C14H21N3O3S.2C2HF3O2/c1-21(18,19)16-12-10-17(9-11-5-2-3-7-15-11)13-6-4-8-20-14(12)13;2*3-2(4,5)1(6)7/h2-3,5,7,12-14,16H,4,6,8-10H2,1H3;2*(H,6,7)/t12-,13-,14-;;/m1../s1. The van der Waals surface area contributed by atoms with Gasteiger partial charge < -0.3 is 14.9 Å². The molecule has 2 fully saturated rings. The van der Waals surface area contributed by atoms with E-state index in [1.54, 1.807) is 6.20 Å². The first-order valence-electron chi connectivity index (χ1n) is 9.75. The lowest BCUT2D eigenvalue weighted by atomic mass is 10.0. The number of carboxylic acid groups (broad SMARTS) is 2. The minimum Gasteiger partial charge on any atom is -0.475 e. The van der Waals surface area contributed by atoms with Gasteiger partial charge in [0.15, 0.2) is 0 Å². The smallest absolute Gasteiger partial charge is 0.475 e. The maximum Gasteiger partial charge on any atom is 0.490 e. The topological polar surface area (TPSA) is 146 Å². The fourth-order valence-electron chi connectivity index (χ4n) is 3.31. The molecule has 1 aromatic rings. The molecule has 0 unspecified atom stereocenters. The van der Waals surface area contributed by atoms with E-state index in [0.717, 1.165) is 25.1 Å². The maximum absolute atomic E-state index is 11.5. The number of aromatic nitrogens is 1. The second-order valence-electron chi connectivity index (χ2n) is 7.40. The van der Waals surface area contributed by atoms with E-state index in [0.29, 0.717) is 13.2 Å². The molecular formula is C18H23F6N3O7S. The highest BCUT2D eigenvalue weighted by atomic mass is 32.2. The van der Waals surface area contributed by atoms with Gasteiger partial charge in [-0.25, -0.2) is 22.7 Å². The highest BCUT2D eigenvalue weighted by Crippen LogP contribution is 2.30. The second kappa shape index (κ2) is 12.5. The highest BCUT2D eigenvalue weighted by Gasteiger charge is 2.45. The van der Waals surface area contributed by atoms with Crippen molar-refractivity contribution in [2.75, 3.05) is 19.4 Å². The molecule has 0 amide bonds. The van der Waals surface area contributed by atoms with Gasteiger partial charge >= 0.3 is 24.3 Å². The van der Waals surface area contributed by atoms with Gasteiger partial charge in [-0.15, -0.1) is 0 Å². The molecule has 2 aliphatic heterocycles. The average Bonchev–Trinajstić information content (AvgIpc) is 3.04. The third-order valence-electron chi connectivity index (χ3n) is 4.57. The van der Waals surface area contributed by atoms with E-state index in [1.807, 2.05) is 18.2 Å². The first-order chi connectivity index (χ1) is 15.9. The number of alkyl halides is 6. The number of hydrogen-bond donors (Lipinski definition) is 3. The lowest BCUT2D eigenvalue weighted by Gasteiger charge is -2.32. The molecule has 200 valence electrons. The summed E-state index contributed by atoms with van der Waals surface area (Å²) in [7, 11) is -3.23. The Morgan fingerprint density at radius 2 is 1.69 bits per heavy atom. The van der Waals surface area contributed by atoms with Crippen LogP contribution in [0.15, 0.2) is 24.4 Å². The molecule has 0 bridgehead atoms. The Bertz CT molecular complexity index is 920. The van der Waals surface area contributed by atoms with Crippen LogP contribution in [0.4, 0.5) is 26.3 Å². The van der Waals surface area contributed by atoms with Crippen molar-refractivity contribution < 1.29 is 59.3 Å². The van der Waals surface area contributed by atoms with Crippen molar-refractivity contribution in [2.24, 2.45) is 0 Å². The molecule has 10 nitrogen and oxygen atoms in total. The van der Waals surface area contributed by atoms with E-state index >= 15 is 0 Å². The molecule has 0 aromatic carbocycles. The molecule has 3 atom stereocenters. The molecule has 0 saturated carbocycles. The monoisotopic (exact) mass is 539 g/mol. The lowest BCUT2D eigenvalue weighted by molar-refractivity contribution is -0.193. The van der Waals surface area contributed by atoms with Crippen LogP contribution < -0.4 is 4.72 Å². The van der Waals surface area contributed by atoms with Crippen LogP contribution in [0, 0.1) is 0 Å². The van der Waals surface area contributed by atoms with Crippen LogP contribution >= 0.6 is 0 Å². The quantitative estimate of drug-likeness (QED) is 0.486. The summed E-state index contributed by atoms with van der Waals surface area (Å²) in [6, 6.07) is 5.96. The Hall–Kier alpha value is -2.50. The minimum absolute atomic E-state index is 0.0582. The van der Waals surface area contributed by atoms with Gasteiger partial charge in [0, 0.05) is 31.9 Å². The Morgan fingerprint density at radius 3 is 2.11 bits per heavy atom. The van der Waals surface area contributed by atoms with Gasteiger partial charge in [0.25, 0.3) is 0 Å². The van der Waals surface area contributed by atoms with Crippen LogP contribution in [0.1, 0.15) is 18.5 Å². The van der Waals surface area contributed by atoms with Gasteiger partial charge in [-0.3, -0.25) is 9.88 Å². The first kappa shape index (κ1) is 30.5. The number of likely N-dealkylation sites (tertiary alicyclic amines) is 1. The number of rotatable bonds is 4. The lowest BCUT2D eigenvalue weighted by Crippen LogP contribution is -2.47. The van der Waals surface area contributed by atoms with E-state index in [1.165, 1.54) is 6.26 Å². The van der Waals surface area contributed by atoms with E-state index in [2.05, 4.69) is 14.6 Å². The summed E-state index contributed by atoms with van der Waals surface area (Å²) in [5.41, 5.74) is 1.00. The van der Waals surface area contributed by atoms with Gasteiger partial charge in [-0.05, 0) is 25.0 Å². The van der Waals surface area contributed by atoms with Gasteiger partial charge in [0.1, 0.15) is 0 Å². The summed E-state index contributed by atoms with van der Waals surface area (Å²) in [5, 5.41) is 14.2. The van der Waals surface area contributed by atoms with Crippen LogP contribution in [0.25, 0.3) is 0 Å². The summed E-state index contributed by atoms with van der Waals surface area (Å²) in [6.45, 7) is 2.10. The Labute approximate surface area is 195 Å². The van der Waals surface area contributed by atoms with Crippen LogP contribution in [-0.4, -0.2) is 90.4 Å². The van der Waals surface area contributed by atoms with Crippen molar-refractivity contribution in [2.45, 2.75) is 49.9 Å². The van der Waals surface area contributed by atoms with Gasteiger partial charge in [-0.2, -0.15) is 26.3 Å². The average molecular weight is 539 g/mol. The third-order valence-corrected chi connectivity index (χ3v) is 5.30. The number of ether oxygens (including phenoxy) is 1. The Kier molecular flexibility index (Phi) is 10.9. The van der Waals surface area contributed by atoms with Crippen molar-refractivity contribution in [3.05, 3.63) is 30.1 Å². The summed E-state index contributed by atoms with van der Waals surface area (Å²) in [5.74, 6) is -5.51. The molecule has 2 aliphatic rings. The number of nitrogens with one attached hydrogen (secondary N) is 1. The zero-order valence-corrected chi connectivity index (χ0v) is 18.9. The predicted octanol–water partition coefficient (Wildman–Crippen LogP) is 1.63. The molecule has 3 heterocycles. The predicted molar refractivity (Wildman–Crippen MR) is 107 cm³/mol. The summed E-state index contributed by atoms with van der Waals surface area (Å²) >= 11 is 0. The summed E-state index contributed by atoms with van der Waals surface area (Å²) in [6.07, 6.45) is -5.18. The van der Waals surface area contributed by atoms with E-state index in [-0.39, 0.29) is 18.2 Å². The summed E-state index contributed by atoms with van der Waals surface area (Å²) in [4.78, 5) is 24.4.